The lowest BCUT2D eigenvalue weighted by molar-refractivity contribution is 0.250. The van der Waals surface area contributed by atoms with Gasteiger partial charge in [0.25, 0.3) is 0 Å². The van der Waals surface area contributed by atoms with Crippen LogP contribution in [0.25, 0.3) is 0 Å². The highest BCUT2D eigenvalue weighted by molar-refractivity contribution is 5.43. The lowest BCUT2D eigenvalue weighted by Gasteiger charge is -2.26. The van der Waals surface area contributed by atoms with Crippen LogP contribution in [-0.4, -0.2) is 51.3 Å². The molecule has 0 amide bonds. The largest absolute Gasteiger partial charge is 0.496 e. The van der Waals surface area contributed by atoms with Crippen molar-refractivity contribution in [2.75, 3.05) is 35.4 Å². The number of allylic oxidation sites excluding steroid dienone is 2. The van der Waals surface area contributed by atoms with Crippen LogP contribution in [0.2, 0.25) is 0 Å². The van der Waals surface area contributed by atoms with E-state index in [1.807, 2.05) is 33.5 Å². The summed E-state index contributed by atoms with van der Waals surface area (Å²) in [6.45, 7) is 0. The summed E-state index contributed by atoms with van der Waals surface area (Å²) < 4.78 is 11.2. The van der Waals surface area contributed by atoms with Gasteiger partial charge in [0.2, 0.25) is 0 Å². The summed E-state index contributed by atoms with van der Waals surface area (Å²) in [5.74, 6) is 1.68. The molecule has 1 atom stereocenters. The van der Waals surface area contributed by atoms with E-state index in [1.54, 1.807) is 14.2 Å². The monoisotopic (exact) mass is 277 g/mol. The number of methoxy groups -OCH3 is 2. The number of nitrogens with one attached hydrogen (secondary N) is 1. The molecule has 1 aliphatic carbocycles. The Bertz CT molecular complexity index is 489. The third-order valence-corrected chi connectivity index (χ3v) is 3.58. The lowest BCUT2D eigenvalue weighted by atomic mass is 10.1. The maximum atomic E-state index is 5.62. The van der Waals surface area contributed by atoms with E-state index in [1.165, 1.54) is 5.70 Å². The third kappa shape index (κ3) is 2.61. The van der Waals surface area contributed by atoms with Crippen LogP contribution in [0.4, 0.5) is 0 Å². The summed E-state index contributed by atoms with van der Waals surface area (Å²) in [4.78, 5) is 4.19. The summed E-state index contributed by atoms with van der Waals surface area (Å²) in [6, 6.07) is 0. The fourth-order valence-corrected chi connectivity index (χ4v) is 2.40. The van der Waals surface area contributed by atoms with Crippen molar-refractivity contribution in [2.45, 2.75) is 12.6 Å². The van der Waals surface area contributed by atoms with E-state index in [0.29, 0.717) is 0 Å². The van der Waals surface area contributed by atoms with Gasteiger partial charge < -0.3 is 24.6 Å². The van der Waals surface area contributed by atoms with E-state index in [9.17, 15) is 0 Å². The van der Waals surface area contributed by atoms with Gasteiger partial charge in [-0.25, -0.2) is 0 Å². The highest BCUT2D eigenvalue weighted by Gasteiger charge is 2.28. The van der Waals surface area contributed by atoms with Gasteiger partial charge in [0, 0.05) is 51.7 Å². The van der Waals surface area contributed by atoms with Gasteiger partial charge in [0.15, 0.2) is 0 Å². The van der Waals surface area contributed by atoms with Gasteiger partial charge in [-0.05, 0) is 6.08 Å². The van der Waals surface area contributed by atoms with E-state index < -0.39 is 0 Å². The summed E-state index contributed by atoms with van der Waals surface area (Å²) in [6.07, 6.45) is 8.94. The molecule has 1 heterocycles. The molecule has 0 saturated heterocycles. The molecule has 2 aliphatic rings. The Kier molecular flexibility index (Phi) is 4.27. The van der Waals surface area contributed by atoms with Crippen molar-refractivity contribution in [2.24, 2.45) is 0 Å². The van der Waals surface area contributed by atoms with Crippen LogP contribution in [0.1, 0.15) is 6.42 Å². The number of nitrogens with zero attached hydrogens (tertiary/aromatic N) is 2. The second-order valence-corrected chi connectivity index (χ2v) is 5.04. The van der Waals surface area contributed by atoms with Gasteiger partial charge >= 0.3 is 0 Å². The number of likely N-dealkylation sites (N-methyl/N-ethyl adjacent to an activating group) is 1. The Morgan fingerprint density at radius 2 is 2.05 bits per heavy atom. The maximum absolute atomic E-state index is 5.62. The predicted molar refractivity (Wildman–Crippen MR) is 79.3 cm³/mol. The Morgan fingerprint density at radius 1 is 1.30 bits per heavy atom. The van der Waals surface area contributed by atoms with Gasteiger partial charge in [-0.2, -0.15) is 0 Å². The minimum atomic E-state index is 0.0221. The number of hydrogen-bond acceptors (Lipinski definition) is 5. The Balaban J connectivity index is 2.48. The molecule has 0 saturated carbocycles. The molecule has 0 fully saturated rings. The molecule has 0 aromatic rings. The molecular weight excluding hydrogens is 254 g/mol. The van der Waals surface area contributed by atoms with E-state index in [2.05, 4.69) is 27.3 Å². The van der Waals surface area contributed by atoms with Crippen molar-refractivity contribution in [1.29, 1.82) is 0 Å². The Morgan fingerprint density at radius 3 is 2.55 bits per heavy atom. The third-order valence-electron chi connectivity index (χ3n) is 3.58. The minimum absolute atomic E-state index is 0.0221. The van der Waals surface area contributed by atoms with Crippen molar-refractivity contribution >= 4 is 0 Å². The second-order valence-electron chi connectivity index (χ2n) is 5.04. The van der Waals surface area contributed by atoms with Crippen LogP contribution in [-0.2, 0) is 9.47 Å². The van der Waals surface area contributed by atoms with Crippen molar-refractivity contribution in [3.05, 3.63) is 47.3 Å². The van der Waals surface area contributed by atoms with Crippen molar-refractivity contribution in [3.63, 3.8) is 0 Å². The summed E-state index contributed by atoms with van der Waals surface area (Å²) in [5.41, 5.74) is 2.19. The standard InChI is InChI=1S/C15H23N3O2/c1-17(2)11-6-7-12(19-4)14(13(10-11)20-5)15-16-8-9-18(15)3/h7-10,15-16H,6H2,1-5H3. The molecule has 2 rings (SSSR count). The molecular formula is C15H23N3O2. The fraction of sp³-hybridized carbons (Fsp3) is 0.467. The van der Waals surface area contributed by atoms with E-state index in [0.717, 1.165) is 23.5 Å². The molecule has 0 aromatic heterocycles. The van der Waals surface area contributed by atoms with Crippen LogP contribution in [0.15, 0.2) is 47.3 Å². The van der Waals surface area contributed by atoms with Crippen molar-refractivity contribution in [1.82, 2.24) is 15.1 Å². The maximum Gasteiger partial charge on any atom is 0.132 e. The molecule has 110 valence electrons. The van der Waals surface area contributed by atoms with Crippen molar-refractivity contribution < 1.29 is 9.47 Å². The minimum Gasteiger partial charge on any atom is -0.496 e. The number of rotatable bonds is 4. The quantitative estimate of drug-likeness (QED) is 0.845. The van der Waals surface area contributed by atoms with Gasteiger partial charge in [-0.1, -0.05) is 0 Å². The van der Waals surface area contributed by atoms with Crippen LogP contribution < -0.4 is 5.32 Å². The zero-order valence-electron chi connectivity index (χ0n) is 12.8. The SMILES string of the molecule is COC1=CCC(N(C)C)=CC(OC)=C1C1NC=CN1C. The van der Waals surface area contributed by atoms with Crippen LogP contribution in [0, 0.1) is 0 Å². The van der Waals surface area contributed by atoms with Gasteiger partial charge in [-0.3, -0.25) is 0 Å². The summed E-state index contributed by atoms with van der Waals surface area (Å²) in [7, 11) is 9.48. The van der Waals surface area contributed by atoms with Gasteiger partial charge in [0.1, 0.15) is 17.7 Å². The smallest absolute Gasteiger partial charge is 0.132 e. The molecule has 0 spiro atoms. The van der Waals surface area contributed by atoms with E-state index in [-0.39, 0.29) is 6.17 Å². The first kappa shape index (κ1) is 14.4. The fourth-order valence-electron chi connectivity index (χ4n) is 2.40. The Hall–Kier alpha value is -2.04. The van der Waals surface area contributed by atoms with Gasteiger partial charge in [-0.15, -0.1) is 0 Å². The topological polar surface area (TPSA) is 37.0 Å². The van der Waals surface area contributed by atoms with Gasteiger partial charge in [0.05, 0.1) is 19.8 Å². The van der Waals surface area contributed by atoms with E-state index >= 15 is 0 Å². The summed E-state index contributed by atoms with van der Waals surface area (Å²) in [5, 5.41) is 3.32. The van der Waals surface area contributed by atoms with Crippen LogP contribution in [0.5, 0.6) is 0 Å². The molecule has 5 nitrogen and oxygen atoms in total. The first-order chi connectivity index (χ1) is 9.58. The molecule has 1 unspecified atom stereocenters. The highest BCUT2D eigenvalue weighted by atomic mass is 16.5. The van der Waals surface area contributed by atoms with Crippen molar-refractivity contribution in [3.8, 4) is 0 Å². The highest BCUT2D eigenvalue weighted by Crippen LogP contribution is 2.29. The Labute approximate surface area is 120 Å². The van der Waals surface area contributed by atoms with Crippen LogP contribution >= 0.6 is 0 Å². The number of ether oxygens (including phenoxy) is 2. The molecule has 0 bridgehead atoms. The molecule has 0 aromatic carbocycles. The second kappa shape index (κ2) is 5.94. The molecule has 20 heavy (non-hydrogen) atoms. The zero-order valence-corrected chi connectivity index (χ0v) is 12.8. The first-order valence-electron chi connectivity index (χ1n) is 6.63. The normalized spacial score (nSPS) is 22.1. The average Bonchev–Trinajstić information content (AvgIpc) is 2.75. The summed E-state index contributed by atoms with van der Waals surface area (Å²) >= 11 is 0. The lowest BCUT2D eigenvalue weighted by Crippen LogP contribution is -2.36. The van der Waals surface area contributed by atoms with Crippen LogP contribution in [0.3, 0.4) is 0 Å². The van der Waals surface area contributed by atoms with E-state index in [4.69, 9.17) is 9.47 Å². The molecule has 5 heteroatoms. The predicted octanol–water partition coefficient (Wildman–Crippen LogP) is 1.60. The molecule has 1 N–H and O–H groups in total. The molecule has 1 aliphatic heterocycles. The number of hydrogen-bond donors (Lipinski definition) is 1. The first-order valence-corrected chi connectivity index (χ1v) is 6.63. The molecule has 0 radical (unpaired) electrons. The average molecular weight is 277 g/mol. The zero-order chi connectivity index (χ0) is 14.7.